The Morgan fingerprint density at radius 1 is 1.19 bits per heavy atom. The fourth-order valence-corrected chi connectivity index (χ4v) is 1.38. The van der Waals surface area contributed by atoms with Gasteiger partial charge in [-0.3, -0.25) is 4.79 Å². The number of carbonyl (C=O) groups excluding carboxylic acids is 1. The summed E-state index contributed by atoms with van der Waals surface area (Å²) in [5.74, 6) is 0.638. The first kappa shape index (κ1) is 15.4. The molecule has 1 amide bonds. The fourth-order valence-electron chi connectivity index (χ4n) is 1.38. The van der Waals surface area contributed by atoms with Gasteiger partial charge in [-0.15, -0.1) is 0 Å². The molecule has 0 saturated heterocycles. The van der Waals surface area contributed by atoms with E-state index in [1.807, 2.05) is 27.7 Å². The van der Waals surface area contributed by atoms with Crippen LogP contribution in [0, 0.1) is 11.3 Å². The van der Waals surface area contributed by atoms with Gasteiger partial charge in [0.05, 0.1) is 6.04 Å². The second kappa shape index (κ2) is 6.24. The Kier molecular flexibility index (Phi) is 6.01. The van der Waals surface area contributed by atoms with Crippen molar-refractivity contribution in [3.05, 3.63) is 0 Å². The Balaban J connectivity index is 4.05. The molecule has 3 heteroatoms. The lowest BCUT2D eigenvalue weighted by atomic mass is 9.86. The molecule has 0 spiro atoms. The van der Waals surface area contributed by atoms with Gasteiger partial charge >= 0.3 is 0 Å². The van der Waals surface area contributed by atoms with Crippen LogP contribution in [0.2, 0.25) is 0 Å². The van der Waals surface area contributed by atoms with Crippen molar-refractivity contribution in [1.29, 1.82) is 0 Å². The van der Waals surface area contributed by atoms with E-state index >= 15 is 0 Å². The van der Waals surface area contributed by atoms with Crippen molar-refractivity contribution in [2.75, 3.05) is 0 Å². The minimum absolute atomic E-state index is 0.0382. The van der Waals surface area contributed by atoms with E-state index in [1.54, 1.807) is 0 Å². The Morgan fingerprint density at radius 2 is 1.69 bits per heavy atom. The van der Waals surface area contributed by atoms with Crippen molar-refractivity contribution < 1.29 is 4.79 Å². The second-order valence-electron chi connectivity index (χ2n) is 6.22. The lowest BCUT2D eigenvalue weighted by Gasteiger charge is -2.27. The predicted molar refractivity (Wildman–Crippen MR) is 69.1 cm³/mol. The molecule has 0 aliphatic carbocycles. The van der Waals surface area contributed by atoms with Crippen molar-refractivity contribution in [2.45, 2.75) is 66.5 Å². The molecule has 2 atom stereocenters. The molecule has 96 valence electrons. The molecule has 0 saturated carbocycles. The summed E-state index contributed by atoms with van der Waals surface area (Å²) >= 11 is 0. The number of rotatable bonds is 5. The summed E-state index contributed by atoms with van der Waals surface area (Å²) < 4.78 is 0. The lowest BCUT2D eigenvalue weighted by molar-refractivity contribution is -0.125. The third kappa shape index (κ3) is 6.11. The van der Waals surface area contributed by atoms with Gasteiger partial charge in [0.2, 0.25) is 5.91 Å². The third-order valence-electron chi connectivity index (χ3n) is 2.78. The van der Waals surface area contributed by atoms with E-state index in [1.165, 1.54) is 0 Å². The highest BCUT2D eigenvalue weighted by molar-refractivity contribution is 5.82. The molecule has 0 fully saturated rings. The summed E-state index contributed by atoms with van der Waals surface area (Å²) in [6, 6.07) is -0.225. The highest BCUT2D eigenvalue weighted by Gasteiger charge is 2.27. The molecule has 1 unspecified atom stereocenters. The zero-order chi connectivity index (χ0) is 12.9. The van der Waals surface area contributed by atoms with Crippen LogP contribution in [0.15, 0.2) is 0 Å². The summed E-state index contributed by atoms with van der Waals surface area (Å²) in [6.45, 7) is 12.4. The van der Waals surface area contributed by atoms with E-state index in [4.69, 9.17) is 5.73 Å². The SMILES string of the molecule is CC(C)CCC(C)NC(=O)[C@H](N)C(C)(C)C. The first-order chi connectivity index (χ1) is 7.14. The summed E-state index contributed by atoms with van der Waals surface area (Å²) in [5, 5.41) is 2.98. The minimum atomic E-state index is -0.436. The molecule has 16 heavy (non-hydrogen) atoms. The molecule has 0 aliphatic heterocycles. The molecule has 0 bridgehead atoms. The number of amides is 1. The standard InChI is InChI=1S/C13H28N2O/c1-9(2)7-8-10(3)15-12(16)11(14)13(4,5)6/h9-11H,7-8,14H2,1-6H3,(H,15,16)/t10?,11-/m0/s1. The molecule has 0 radical (unpaired) electrons. The van der Waals surface area contributed by atoms with Gasteiger partial charge in [0.1, 0.15) is 0 Å². The number of carbonyl (C=O) groups is 1. The van der Waals surface area contributed by atoms with Crippen LogP contribution in [0.5, 0.6) is 0 Å². The molecule has 0 aliphatic rings. The van der Waals surface area contributed by atoms with Crippen LogP contribution in [0.3, 0.4) is 0 Å². The van der Waals surface area contributed by atoms with Crippen LogP contribution < -0.4 is 11.1 Å². The molecule has 0 rings (SSSR count). The van der Waals surface area contributed by atoms with Crippen LogP contribution in [-0.2, 0) is 4.79 Å². The summed E-state index contributed by atoms with van der Waals surface area (Å²) in [6.07, 6.45) is 2.15. The van der Waals surface area contributed by atoms with Gasteiger partial charge in [-0.05, 0) is 31.1 Å². The van der Waals surface area contributed by atoms with E-state index in [0.717, 1.165) is 12.8 Å². The molecule has 0 aromatic carbocycles. The van der Waals surface area contributed by atoms with E-state index < -0.39 is 6.04 Å². The third-order valence-corrected chi connectivity index (χ3v) is 2.78. The number of nitrogens with two attached hydrogens (primary N) is 1. The Labute approximate surface area is 100 Å². The maximum absolute atomic E-state index is 11.8. The van der Waals surface area contributed by atoms with Crippen LogP contribution in [0.4, 0.5) is 0 Å². The first-order valence-electron chi connectivity index (χ1n) is 6.20. The van der Waals surface area contributed by atoms with Gasteiger partial charge in [-0.25, -0.2) is 0 Å². The van der Waals surface area contributed by atoms with Crippen LogP contribution in [-0.4, -0.2) is 18.0 Å². The van der Waals surface area contributed by atoms with Crippen molar-refractivity contribution >= 4 is 5.91 Å². The van der Waals surface area contributed by atoms with E-state index in [-0.39, 0.29) is 17.4 Å². The fraction of sp³-hybridized carbons (Fsp3) is 0.923. The highest BCUT2D eigenvalue weighted by atomic mass is 16.2. The van der Waals surface area contributed by atoms with E-state index in [2.05, 4.69) is 19.2 Å². The molecular formula is C13H28N2O. The Hall–Kier alpha value is -0.570. The number of nitrogens with one attached hydrogen (secondary N) is 1. The average molecular weight is 228 g/mol. The number of hydrogen-bond donors (Lipinski definition) is 2. The quantitative estimate of drug-likeness (QED) is 0.758. The summed E-state index contributed by atoms with van der Waals surface area (Å²) in [7, 11) is 0. The van der Waals surface area contributed by atoms with Gasteiger partial charge in [0.25, 0.3) is 0 Å². The van der Waals surface area contributed by atoms with Gasteiger partial charge < -0.3 is 11.1 Å². The minimum Gasteiger partial charge on any atom is -0.352 e. The van der Waals surface area contributed by atoms with Gasteiger partial charge in [0, 0.05) is 6.04 Å². The smallest absolute Gasteiger partial charge is 0.237 e. The Morgan fingerprint density at radius 3 is 2.06 bits per heavy atom. The molecule has 3 N–H and O–H groups in total. The van der Waals surface area contributed by atoms with Crippen LogP contribution in [0.1, 0.15) is 54.4 Å². The van der Waals surface area contributed by atoms with Crippen molar-refractivity contribution in [2.24, 2.45) is 17.1 Å². The van der Waals surface area contributed by atoms with Gasteiger partial charge in [-0.2, -0.15) is 0 Å². The summed E-state index contributed by atoms with van der Waals surface area (Å²) in [4.78, 5) is 11.8. The second-order valence-corrected chi connectivity index (χ2v) is 6.22. The molecule has 3 nitrogen and oxygen atoms in total. The largest absolute Gasteiger partial charge is 0.352 e. The molecule has 0 aromatic heterocycles. The van der Waals surface area contributed by atoms with E-state index in [0.29, 0.717) is 5.92 Å². The van der Waals surface area contributed by atoms with E-state index in [9.17, 15) is 4.79 Å². The zero-order valence-electron chi connectivity index (χ0n) is 11.6. The van der Waals surface area contributed by atoms with Gasteiger partial charge in [0.15, 0.2) is 0 Å². The van der Waals surface area contributed by atoms with Gasteiger partial charge in [-0.1, -0.05) is 34.6 Å². The highest BCUT2D eigenvalue weighted by Crippen LogP contribution is 2.17. The Bertz CT molecular complexity index is 218. The van der Waals surface area contributed by atoms with Crippen molar-refractivity contribution in [3.8, 4) is 0 Å². The average Bonchev–Trinajstić information content (AvgIpc) is 2.11. The topological polar surface area (TPSA) is 55.1 Å². The van der Waals surface area contributed by atoms with Crippen molar-refractivity contribution in [1.82, 2.24) is 5.32 Å². The molecular weight excluding hydrogens is 200 g/mol. The monoisotopic (exact) mass is 228 g/mol. The summed E-state index contributed by atoms with van der Waals surface area (Å²) in [5.41, 5.74) is 5.71. The van der Waals surface area contributed by atoms with Crippen molar-refractivity contribution in [3.63, 3.8) is 0 Å². The maximum atomic E-state index is 11.8. The normalized spacial score (nSPS) is 16.0. The molecule has 0 heterocycles. The predicted octanol–water partition coefficient (Wildman–Crippen LogP) is 2.30. The lowest BCUT2D eigenvalue weighted by Crippen LogP contribution is -2.50. The molecule has 0 aromatic rings. The van der Waals surface area contributed by atoms with Crippen LogP contribution in [0.25, 0.3) is 0 Å². The zero-order valence-corrected chi connectivity index (χ0v) is 11.6. The first-order valence-corrected chi connectivity index (χ1v) is 6.20. The maximum Gasteiger partial charge on any atom is 0.237 e. The van der Waals surface area contributed by atoms with Crippen LogP contribution >= 0.6 is 0 Å². The number of hydrogen-bond acceptors (Lipinski definition) is 2.